The summed E-state index contributed by atoms with van der Waals surface area (Å²) in [5.74, 6) is -1.88. The number of nitrogens with zero attached hydrogens (tertiary/aromatic N) is 7. The van der Waals surface area contributed by atoms with Crippen molar-refractivity contribution in [2.75, 3.05) is 13.7 Å². The molecule has 1 saturated heterocycles. The quantitative estimate of drug-likeness (QED) is 0.222. The molecule has 0 radical (unpaired) electrons. The predicted molar refractivity (Wildman–Crippen MR) is 183 cm³/mol. The molecule has 5 atom stereocenters. The number of carbonyl (C=O) groups excluding carboxylic acids is 4. The highest BCUT2D eigenvalue weighted by atomic mass is 32.2. The van der Waals surface area contributed by atoms with Crippen LogP contribution in [-0.4, -0.2) is 104 Å². The number of tetrazole rings is 1. The van der Waals surface area contributed by atoms with Crippen LogP contribution in [0.15, 0.2) is 55.5 Å². The van der Waals surface area contributed by atoms with Gasteiger partial charge in [-0.3, -0.25) is 24.1 Å². The predicted octanol–water partition coefficient (Wildman–Crippen LogP) is 1.15. The zero-order valence-electron chi connectivity index (χ0n) is 29.1. The first kappa shape index (κ1) is 36.3. The number of methoxy groups -OCH3 is 1. The maximum Gasteiger partial charge on any atom is 0.414 e. The highest BCUT2D eigenvalue weighted by Gasteiger charge is 2.62. The van der Waals surface area contributed by atoms with Gasteiger partial charge in [0.15, 0.2) is 0 Å². The fourth-order valence-electron chi connectivity index (χ4n) is 6.12. The van der Waals surface area contributed by atoms with Crippen LogP contribution >= 0.6 is 0 Å². The number of amides is 4. The first-order valence-corrected chi connectivity index (χ1v) is 18.2. The third-order valence-electron chi connectivity index (χ3n) is 9.33. The molecular weight excluding hydrogens is 696 g/mol. The van der Waals surface area contributed by atoms with Gasteiger partial charge in [-0.15, -0.1) is 16.8 Å². The van der Waals surface area contributed by atoms with Gasteiger partial charge in [-0.25, -0.2) is 18.2 Å². The van der Waals surface area contributed by atoms with Crippen LogP contribution in [0.25, 0.3) is 11.4 Å². The Morgan fingerprint density at radius 1 is 1.12 bits per heavy atom. The number of ether oxygens (including phenoxy) is 2. The van der Waals surface area contributed by atoms with E-state index in [-0.39, 0.29) is 25.3 Å². The number of benzene rings is 1. The molecule has 3 heterocycles. The number of rotatable bonds is 12. The molecule has 1 aromatic carbocycles. The van der Waals surface area contributed by atoms with Gasteiger partial charge in [0.05, 0.1) is 24.6 Å². The third kappa shape index (κ3) is 7.58. The number of hydrogen-bond acceptors (Lipinski definition) is 13. The fraction of sp³-hybridized carbons (Fsp3) is 0.485. The van der Waals surface area contributed by atoms with Gasteiger partial charge in [-0.2, -0.15) is 4.80 Å². The number of aromatic nitrogens is 6. The van der Waals surface area contributed by atoms with E-state index in [1.807, 2.05) is 0 Å². The van der Waals surface area contributed by atoms with Crippen molar-refractivity contribution in [2.45, 2.75) is 75.4 Å². The largest absolute Gasteiger partial charge is 0.497 e. The number of sulfonamides is 1. The summed E-state index contributed by atoms with van der Waals surface area (Å²) in [6.07, 6.45) is 5.51. The van der Waals surface area contributed by atoms with E-state index in [1.54, 1.807) is 52.1 Å². The second-order valence-corrected chi connectivity index (χ2v) is 16.1. The Labute approximate surface area is 299 Å². The van der Waals surface area contributed by atoms with Crippen LogP contribution in [0.4, 0.5) is 4.79 Å². The molecule has 2 aromatic heterocycles. The highest BCUT2D eigenvalue weighted by molar-refractivity contribution is 7.91. The SMILES string of the molecule is C=C[C@@H]1C[C@]1(NC(=O)[C@@H]1C[C@@H](n2nnc(-c3ccc(OC)cc3)n2)CN1C(=O)[C@@H](NC(=O)Oc1cnccn1)C(C)(C)C)C(=O)NS(=O)(=O)C1CC1. The van der Waals surface area contributed by atoms with Crippen LogP contribution in [0.3, 0.4) is 0 Å². The Morgan fingerprint density at radius 3 is 2.44 bits per heavy atom. The van der Waals surface area contributed by atoms with Crippen molar-refractivity contribution >= 4 is 33.8 Å². The monoisotopic (exact) mass is 736 g/mol. The van der Waals surface area contributed by atoms with Crippen molar-refractivity contribution in [1.29, 1.82) is 0 Å². The van der Waals surface area contributed by atoms with Crippen LogP contribution in [-0.2, 0) is 24.4 Å². The van der Waals surface area contributed by atoms with Gasteiger partial charge in [0.25, 0.3) is 5.91 Å². The van der Waals surface area contributed by atoms with E-state index in [0.29, 0.717) is 30.0 Å². The smallest absolute Gasteiger partial charge is 0.414 e. The lowest BCUT2D eigenvalue weighted by molar-refractivity contribution is -0.142. The van der Waals surface area contributed by atoms with Crippen LogP contribution in [0.1, 0.15) is 52.5 Å². The van der Waals surface area contributed by atoms with E-state index < -0.39 is 74.1 Å². The molecule has 2 saturated carbocycles. The second-order valence-electron chi connectivity index (χ2n) is 14.1. The summed E-state index contributed by atoms with van der Waals surface area (Å²) in [4.78, 5) is 65.5. The van der Waals surface area contributed by atoms with E-state index in [1.165, 1.54) is 34.4 Å². The summed E-state index contributed by atoms with van der Waals surface area (Å²) in [7, 11) is -2.36. The number of carbonyl (C=O) groups is 4. The number of hydrogen-bond donors (Lipinski definition) is 3. The number of likely N-dealkylation sites (tertiary alicyclic amines) is 1. The molecule has 3 fully saturated rings. The van der Waals surface area contributed by atoms with E-state index in [0.717, 1.165) is 0 Å². The first-order valence-electron chi connectivity index (χ1n) is 16.6. The van der Waals surface area contributed by atoms with Gasteiger partial charge in [0, 0.05) is 36.8 Å². The molecule has 18 nitrogen and oxygen atoms in total. The minimum absolute atomic E-state index is 0.00767. The van der Waals surface area contributed by atoms with E-state index >= 15 is 0 Å². The average molecular weight is 737 g/mol. The van der Waals surface area contributed by atoms with Crippen LogP contribution in [0, 0.1) is 11.3 Å². The normalized spacial score (nSPS) is 23.2. The molecule has 52 heavy (non-hydrogen) atoms. The molecular formula is C33H40N10O8S. The van der Waals surface area contributed by atoms with Gasteiger partial charge in [0.1, 0.15) is 23.4 Å². The van der Waals surface area contributed by atoms with Gasteiger partial charge < -0.3 is 25.0 Å². The molecule has 276 valence electrons. The maximum atomic E-state index is 14.5. The van der Waals surface area contributed by atoms with E-state index in [9.17, 15) is 27.6 Å². The summed E-state index contributed by atoms with van der Waals surface area (Å²) in [6, 6.07) is 3.98. The van der Waals surface area contributed by atoms with Crippen LogP contribution in [0.2, 0.25) is 0 Å². The molecule has 3 N–H and O–H groups in total. The van der Waals surface area contributed by atoms with E-state index in [2.05, 4.69) is 47.3 Å². The summed E-state index contributed by atoms with van der Waals surface area (Å²) in [6.45, 7) is 8.89. The Kier molecular flexibility index (Phi) is 9.73. The summed E-state index contributed by atoms with van der Waals surface area (Å²) in [5.41, 5.74) is -1.81. The average Bonchev–Trinajstić information content (AvgIpc) is 3.99. The molecule has 4 amide bonds. The Morgan fingerprint density at radius 2 is 1.85 bits per heavy atom. The zero-order valence-corrected chi connectivity index (χ0v) is 29.9. The molecule has 0 unspecified atom stereocenters. The topological polar surface area (TPSA) is 230 Å². The number of nitrogens with one attached hydrogen (secondary N) is 3. The molecule has 0 spiro atoms. The van der Waals surface area contributed by atoms with Gasteiger partial charge in [-0.05, 0) is 54.2 Å². The highest BCUT2D eigenvalue weighted by Crippen LogP contribution is 2.45. The van der Waals surface area contributed by atoms with Crippen LogP contribution < -0.4 is 24.8 Å². The minimum atomic E-state index is -3.92. The maximum absolute atomic E-state index is 14.5. The standard InChI is InChI=1S/C33H40N10O8S/c1-6-20-16-33(20,30(46)40-52(48,49)23-11-12-23)37-28(44)24-15-21(43-39-27(38-41-43)19-7-9-22(50-5)10-8-19)18-42(24)29(45)26(32(2,3)4)36-31(47)51-25-17-34-13-14-35-25/h6-10,13-14,17,20-21,23-24,26H,1,11-12,15-16,18H2,2-5H3,(H,36,47)(H,37,44)(H,40,46)/t20-,21-,24+,26-,33-/m1/s1. The molecule has 3 aromatic rings. The third-order valence-corrected chi connectivity index (χ3v) is 11.1. The van der Waals surface area contributed by atoms with Crippen molar-refractivity contribution < 1.29 is 37.1 Å². The first-order chi connectivity index (χ1) is 24.6. The Bertz CT molecular complexity index is 1960. The zero-order chi connectivity index (χ0) is 37.4. The van der Waals surface area contributed by atoms with Crippen molar-refractivity contribution in [1.82, 2.24) is 50.4 Å². The van der Waals surface area contributed by atoms with Gasteiger partial charge in [0.2, 0.25) is 33.5 Å². The Balaban J connectivity index is 1.27. The molecule has 0 bridgehead atoms. The van der Waals surface area contributed by atoms with Crippen molar-refractivity contribution in [3.63, 3.8) is 0 Å². The van der Waals surface area contributed by atoms with Gasteiger partial charge in [-0.1, -0.05) is 26.8 Å². The minimum Gasteiger partial charge on any atom is -0.497 e. The van der Waals surface area contributed by atoms with Crippen molar-refractivity contribution in [2.24, 2.45) is 11.3 Å². The summed E-state index contributed by atoms with van der Waals surface area (Å²) < 4.78 is 37.9. The molecule has 3 aliphatic rings. The van der Waals surface area contributed by atoms with Crippen LogP contribution in [0.5, 0.6) is 11.6 Å². The van der Waals surface area contributed by atoms with Gasteiger partial charge >= 0.3 is 6.09 Å². The lowest BCUT2D eigenvalue weighted by Gasteiger charge is -2.35. The fourth-order valence-corrected chi connectivity index (χ4v) is 7.49. The lowest BCUT2D eigenvalue weighted by Crippen LogP contribution is -2.60. The molecule has 6 rings (SSSR count). The molecule has 2 aliphatic carbocycles. The summed E-state index contributed by atoms with van der Waals surface area (Å²) in [5, 5.41) is 17.6. The van der Waals surface area contributed by atoms with Crippen molar-refractivity contribution in [3.8, 4) is 23.0 Å². The lowest BCUT2D eigenvalue weighted by atomic mass is 9.85. The molecule has 1 aliphatic heterocycles. The molecule has 19 heteroatoms. The summed E-state index contributed by atoms with van der Waals surface area (Å²) >= 11 is 0. The second kappa shape index (κ2) is 13.9. The van der Waals surface area contributed by atoms with Crippen molar-refractivity contribution in [3.05, 3.63) is 55.5 Å². The Hall–Kier alpha value is -5.46. The van der Waals surface area contributed by atoms with E-state index in [4.69, 9.17) is 9.47 Å².